The minimum atomic E-state index is -1.37. The van der Waals surface area contributed by atoms with Crippen LogP contribution in [0.2, 0.25) is 0 Å². The third-order valence-corrected chi connectivity index (χ3v) is 7.78. The van der Waals surface area contributed by atoms with Crippen LogP contribution in [0.4, 0.5) is 0 Å². The molecule has 10 N–H and O–H groups in total. The number of aliphatic hydroxyl groups excluding tert-OH is 1. The number of hydrogen-bond donors (Lipinski definition) is 8. The van der Waals surface area contributed by atoms with Crippen LogP contribution < -0.4 is 38.1 Å². The van der Waals surface area contributed by atoms with Crippen LogP contribution in [0.5, 0.6) is 0 Å². The van der Waals surface area contributed by atoms with E-state index in [1.54, 1.807) is 27.7 Å². The molecule has 0 heterocycles. The first kappa shape index (κ1) is 41.6. The number of benzene rings is 1. The Morgan fingerprint density at radius 2 is 1.36 bits per heavy atom. The molecule has 1 aromatic carbocycles. The number of rotatable bonds is 24. The molecule has 0 radical (unpaired) electrons. The molecule has 0 bridgehead atoms. The van der Waals surface area contributed by atoms with E-state index in [0.717, 1.165) is 31.2 Å². The Balaban J connectivity index is 2.98. The Hall–Kier alpha value is -3.39. The van der Waals surface area contributed by atoms with Crippen LogP contribution in [0.1, 0.15) is 91.5 Å². The van der Waals surface area contributed by atoms with E-state index in [2.05, 4.69) is 33.5 Å². The molecule has 0 saturated carbocycles. The van der Waals surface area contributed by atoms with Crippen molar-refractivity contribution in [1.29, 1.82) is 0 Å². The number of carbonyl (C=O) groups is 5. The monoisotopic (exact) mass is 661 g/mol. The number of Topliss-reactive ketones (excluding diaryl/α,β-unsaturated/α-hetero) is 1. The highest BCUT2D eigenvalue weighted by Gasteiger charge is 2.32. The molecule has 0 aromatic heterocycles. The van der Waals surface area contributed by atoms with Crippen molar-refractivity contribution < 1.29 is 29.1 Å². The first-order valence-electron chi connectivity index (χ1n) is 16.9. The summed E-state index contributed by atoms with van der Waals surface area (Å²) in [7, 11) is 0. The number of aliphatic hydroxyl groups is 1. The lowest BCUT2D eigenvalue weighted by Gasteiger charge is -2.28. The van der Waals surface area contributed by atoms with E-state index >= 15 is 0 Å². The van der Waals surface area contributed by atoms with E-state index in [4.69, 9.17) is 11.5 Å². The maximum absolute atomic E-state index is 13.4. The van der Waals surface area contributed by atoms with Gasteiger partial charge in [0.15, 0.2) is 5.78 Å². The molecule has 266 valence electrons. The molecule has 1 aromatic rings. The number of unbranched alkanes of at least 4 members (excludes halogenated alkanes) is 4. The predicted octanol–water partition coefficient (Wildman–Crippen LogP) is 0.973. The van der Waals surface area contributed by atoms with Crippen LogP contribution in [0.15, 0.2) is 30.3 Å². The van der Waals surface area contributed by atoms with E-state index in [-0.39, 0.29) is 36.9 Å². The molecule has 13 nitrogen and oxygen atoms in total. The second-order valence-electron chi connectivity index (χ2n) is 12.7. The fraction of sp³-hybridized carbons (Fsp3) is 0.676. The van der Waals surface area contributed by atoms with Crippen molar-refractivity contribution in [2.45, 2.75) is 123 Å². The van der Waals surface area contributed by atoms with Gasteiger partial charge >= 0.3 is 0 Å². The largest absolute Gasteiger partial charge is 0.394 e. The van der Waals surface area contributed by atoms with Gasteiger partial charge in [-0.1, -0.05) is 90.6 Å². The lowest BCUT2D eigenvalue weighted by Crippen LogP contribution is -2.60. The third-order valence-electron chi connectivity index (χ3n) is 7.78. The van der Waals surface area contributed by atoms with E-state index in [1.165, 1.54) is 0 Å². The van der Waals surface area contributed by atoms with Crippen LogP contribution in [0, 0.1) is 11.8 Å². The second kappa shape index (κ2) is 23.0. The van der Waals surface area contributed by atoms with Gasteiger partial charge < -0.3 is 37.8 Å². The molecule has 47 heavy (non-hydrogen) atoms. The predicted molar refractivity (Wildman–Crippen MR) is 182 cm³/mol. The summed E-state index contributed by atoms with van der Waals surface area (Å²) in [5.41, 5.74) is 11.9. The van der Waals surface area contributed by atoms with E-state index < -0.39 is 60.7 Å². The van der Waals surface area contributed by atoms with Crippen molar-refractivity contribution in [1.82, 2.24) is 26.6 Å². The van der Waals surface area contributed by atoms with Gasteiger partial charge in [-0.25, -0.2) is 0 Å². The van der Waals surface area contributed by atoms with Crippen molar-refractivity contribution >= 4 is 29.4 Å². The topological polar surface area (TPSA) is 218 Å². The summed E-state index contributed by atoms with van der Waals surface area (Å²) in [4.78, 5) is 65.7. The summed E-state index contributed by atoms with van der Waals surface area (Å²) >= 11 is 0. The van der Waals surface area contributed by atoms with E-state index in [0.29, 0.717) is 19.4 Å². The third kappa shape index (κ3) is 16.8. The number of hydrogen-bond acceptors (Lipinski definition) is 9. The molecular weight excluding hydrogens is 602 g/mol. The minimum Gasteiger partial charge on any atom is -0.394 e. The lowest BCUT2D eigenvalue weighted by atomic mass is 9.95. The van der Waals surface area contributed by atoms with Crippen molar-refractivity contribution in [3.8, 4) is 0 Å². The maximum Gasteiger partial charge on any atom is 0.245 e. The molecule has 0 unspecified atom stereocenters. The molecule has 0 fully saturated rings. The van der Waals surface area contributed by atoms with Gasteiger partial charge in [-0.3, -0.25) is 29.3 Å². The summed E-state index contributed by atoms with van der Waals surface area (Å²) in [6, 6.07) is 4.99. The van der Waals surface area contributed by atoms with Gasteiger partial charge in [-0.05, 0) is 43.7 Å². The molecule has 0 aliphatic heterocycles. The van der Waals surface area contributed by atoms with Gasteiger partial charge in [-0.15, -0.1) is 0 Å². The highest BCUT2D eigenvalue weighted by Crippen LogP contribution is 2.11. The van der Waals surface area contributed by atoms with Crippen LogP contribution in [0.3, 0.4) is 0 Å². The Morgan fingerprint density at radius 1 is 0.745 bits per heavy atom. The molecule has 0 spiro atoms. The normalized spacial score (nSPS) is 13.9. The van der Waals surface area contributed by atoms with Gasteiger partial charge in [0.25, 0.3) is 0 Å². The van der Waals surface area contributed by atoms with E-state index in [1.807, 2.05) is 30.3 Å². The van der Waals surface area contributed by atoms with Crippen LogP contribution in [-0.4, -0.2) is 78.1 Å². The quantitative estimate of drug-likeness (QED) is 0.0584. The van der Waals surface area contributed by atoms with Gasteiger partial charge in [0, 0.05) is 12.3 Å². The molecule has 0 aliphatic rings. The van der Waals surface area contributed by atoms with Gasteiger partial charge in [0.2, 0.25) is 23.6 Å². The standard InChI is InChI=1S/C34H59N7O6/c1-6-7-8-9-13-18-28(43)38-25(17-14-19-37-34(35)36)31(45)41-29(22(2)3)33(47)40-27(21-42)32(46)39-26(30(44)23(4)5)20-24-15-11-10-12-16-24/h10-12,15-16,22-23,25-27,29,34,37,42H,6-9,13-14,17-21,35-36H2,1-5H3,(H,38,43)(H,39,46)(H,40,47)(H,41,45)/t25-,26-,27-,29-/m0/s1. The molecule has 0 saturated heterocycles. The molecule has 13 heteroatoms. The van der Waals surface area contributed by atoms with E-state index in [9.17, 15) is 29.1 Å². The fourth-order valence-corrected chi connectivity index (χ4v) is 4.99. The van der Waals surface area contributed by atoms with Gasteiger partial charge in [0.05, 0.1) is 12.6 Å². The Kier molecular flexibility index (Phi) is 20.4. The first-order chi connectivity index (χ1) is 22.3. The highest BCUT2D eigenvalue weighted by atomic mass is 16.3. The number of nitrogens with one attached hydrogen (secondary N) is 5. The summed E-state index contributed by atoms with van der Waals surface area (Å²) in [6.45, 7) is 8.74. The smallest absolute Gasteiger partial charge is 0.245 e. The Morgan fingerprint density at radius 3 is 1.94 bits per heavy atom. The van der Waals surface area contributed by atoms with Crippen LogP contribution >= 0.6 is 0 Å². The minimum absolute atomic E-state index is 0.185. The summed E-state index contributed by atoms with van der Waals surface area (Å²) in [5, 5.41) is 23.7. The number of ketones is 1. The molecule has 4 atom stereocenters. The SMILES string of the molecule is CCCCCCCC(=O)N[C@@H](CCCNC(N)N)C(=O)N[C@H](C(=O)N[C@@H](CO)C(=O)N[C@@H](Cc1ccccc1)C(=O)C(C)C)C(C)C. The molecular formula is C34H59N7O6. The number of carbonyl (C=O) groups excluding carboxylic acids is 5. The van der Waals surface area contributed by atoms with Crippen LogP contribution in [0.25, 0.3) is 0 Å². The van der Waals surface area contributed by atoms with Crippen LogP contribution in [-0.2, 0) is 30.4 Å². The van der Waals surface area contributed by atoms with Crippen molar-refractivity contribution in [2.75, 3.05) is 13.2 Å². The fourth-order valence-electron chi connectivity index (χ4n) is 4.99. The second-order valence-corrected chi connectivity index (χ2v) is 12.7. The van der Waals surface area contributed by atoms with Crippen molar-refractivity contribution in [3.63, 3.8) is 0 Å². The zero-order valence-electron chi connectivity index (χ0n) is 28.8. The van der Waals surface area contributed by atoms with Crippen molar-refractivity contribution in [2.24, 2.45) is 23.3 Å². The number of nitrogens with two attached hydrogens (primary N) is 2. The highest BCUT2D eigenvalue weighted by molar-refractivity contribution is 5.96. The zero-order chi connectivity index (χ0) is 35.4. The maximum atomic E-state index is 13.4. The Bertz CT molecular complexity index is 1100. The first-order valence-corrected chi connectivity index (χ1v) is 16.9. The average molecular weight is 662 g/mol. The summed E-state index contributed by atoms with van der Waals surface area (Å²) < 4.78 is 0. The molecule has 4 amide bonds. The Labute approximate surface area is 280 Å². The average Bonchev–Trinajstić information content (AvgIpc) is 3.02. The van der Waals surface area contributed by atoms with Gasteiger partial charge in [-0.2, -0.15) is 0 Å². The molecule has 0 aliphatic carbocycles. The summed E-state index contributed by atoms with van der Waals surface area (Å²) in [6.07, 6.45) is 5.43. The molecule has 1 rings (SSSR count). The van der Waals surface area contributed by atoms with Crippen molar-refractivity contribution in [3.05, 3.63) is 35.9 Å². The number of amides is 4. The summed E-state index contributed by atoms with van der Waals surface area (Å²) in [5.74, 6) is -3.16. The lowest BCUT2D eigenvalue weighted by molar-refractivity contribution is -0.136. The zero-order valence-corrected chi connectivity index (χ0v) is 28.8. The van der Waals surface area contributed by atoms with Gasteiger partial charge in [0.1, 0.15) is 24.4 Å².